The molecule has 1 heteroatoms. The summed E-state index contributed by atoms with van der Waals surface area (Å²) in [5.74, 6) is 2.25. The molecule has 88 valence electrons. The molecule has 1 fully saturated rings. The second-order valence-electron chi connectivity index (χ2n) is 6.63. The highest BCUT2D eigenvalue weighted by Gasteiger charge is 2.34. The van der Waals surface area contributed by atoms with Crippen molar-refractivity contribution in [2.45, 2.75) is 60.3 Å². The summed E-state index contributed by atoms with van der Waals surface area (Å²) < 4.78 is 0. The summed E-state index contributed by atoms with van der Waals surface area (Å²) in [7, 11) is 0. The lowest BCUT2D eigenvalue weighted by atomic mass is 9.67. The quantitative estimate of drug-likeness (QED) is 0.671. The van der Waals surface area contributed by atoms with E-state index >= 15 is 0 Å². The van der Waals surface area contributed by atoms with Crippen LogP contribution >= 0.6 is 0 Å². The number of rotatable bonds is 2. The number of hydrogen-bond donors (Lipinski definition) is 0. The van der Waals surface area contributed by atoms with Gasteiger partial charge in [-0.2, -0.15) is 0 Å². The second kappa shape index (κ2) is 4.67. The van der Waals surface area contributed by atoms with Gasteiger partial charge in [-0.25, -0.2) is 0 Å². The number of hydrogen-bond acceptors (Lipinski definition) is 1. The van der Waals surface area contributed by atoms with Gasteiger partial charge in [0.05, 0.1) is 0 Å². The van der Waals surface area contributed by atoms with E-state index in [-0.39, 0.29) is 0 Å². The summed E-state index contributed by atoms with van der Waals surface area (Å²) in [6, 6.07) is 0. The number of carbonyl (C=O) groups is 1. The topological polar surface area (TPSA) is 17.1 Å². The van der Waals surface area contributed by atoms with Crippen LogP contribution in [0.4, 0.5) is 0 Å². The van der Waals surface area contributed by atoms with Crippen LogP contribution in [0.3, 0.4) is 0 Å². The number of Topliss-reactive ketones (excluding diaryl/α,β-unsaturated/α-hetero) is 1. The van der Waals surface area contributed by atoms with Crippen molar-refractivity contribution in [2.75, 3.05) is 0 Å². The molecule has 15 heavy (non-hydrogen) atoms. The van der Waals surface area contributed by atoms with Crippen LogP contribution in [0, 0.1) is 23.2 Å². The smallest absolute Gasteiger partial charge is 0.136 e. The van der Waals surface area contributed by atoms with Gasteiger partial charge in [0.1, 0.15) is 5.78 Å². The molecule has 2 atom stereocenters. The molecule has 1 aliphatic rings. The molecule has 1 rings (SSSR count). The summed E-state index contributed by atoms with van der Waals surface area (Å²) in [5, 5.41) is 0. The van der Waals surface area contributed by atoms with Crippen LogP contribution < -0.4 is 0 Å². The molecule has 0 aliphatic heterocycles. The van der Waals surface area contributed by atoms with Gasteiger partial charge in [-0.1, -0.05) is 34.6 Å². The van der Waals surface area contributed by atoms with Crippen LogP contribution in [-0.2, 0) is 4.79 Å². The molecule has 0 saturated heterocycles. The highest BCUT2D eigenvalue weighted by atomic mass is 16.1. The Balaban J connectivity index is 2.60. The van der Waals surface area contributed by atoms with Crippen LogP contribution in [-0.4, -0.2) is 5.78 Å². The maximum atomic E-state index is 11.8. The monoisotopic (exact) mass is 210 g/mol. The van der Waals surface area contributed by atoms with Crippen molar-refractivity contribution in [3.05, 3.63) is 0 Å². The Morgan fingerprint density at radius 2 is 1.93 bits per heavy atom. The SMILES string of the molecule is CC(C)CC1C[C@@H](C(C)(C)C)CCC1=O. The zero-order chi connectivity index (χ0) is 11.6. The first-order valence-corrected chi connectivity index (χ1v) is 6.33. The minimum Gasteiger partial charge on any atom is -0.299 e. The van der Waals surface area contributed by atoms with E-state index in [9.17, 15) is 4.79 Å². The number of ketones is 1. The maximum Gasteiger partial charge on any atom is 0.136 e. The average molecular weight is 210 g/mol. The van der Waals surface area contributed by atoms with Crippen LogP contribution in [0.1, 0.15) is 60.3 Å². The predicted octanol–water partition coefficient (Wildman–Crippen LogP) is 4.06. The Hall–Kier alpha value is -0.330. The standard InChI is InChI=1S/C14H26O/c1-10(2)8-11-9-12(14(3,4)5)6-7-13(11)15/h10-12H,6-9H2,1-5H3/t11?,12-/m0/s1. The third-order valence-corrected chi connectivity index (χ3v) is 3.74. The lowest BCUT2D eigenvalue weighted by molar-refractivity contribution is -0.127. The maximum absolute atomic E-state index is 11.8. The fourth-order valence-electron chi connectivity index (χ4n) is 2.70. The van der Waals surface area contributed by atoms with E-state index in [2.05, 4.69) is 34.6 Å². The van der Waals surface area contributed by atoms with Crippen molar-refractivity contribution in [1.82, 2.24) is 0 Å². The average Bonchev–Trinajstić information content (AvgIpc) is 2.06. The van der Waals surface area contributed by atoms with Gasteiger partial charge in [-0.05, 0) is 36.5 Å². The summed E-state index contributed by atoms with van der Waals surface area (Å²) in [5.41, 5.74) is 0.371. The molecular formula is C14H26O. The summed E-state index contributed by atoms with van der Waals surface area (Å²) in [6.07, 6.45) is 4.14. The zero-order valence-corrected chi connectivity index (χ0v) is 11.0. The van der Waals surface area contributed by atoms with E-state index in [0.717, 1.165) is 31.6 Å². The highest BCUT2D eigenvalue weighted by molar-refractivity contribution is 5.81. The molecule has 0 aromatic carbocycles. The van der Waals surface area contributed by atoms with E-state index in [1.807, 2.05) is 0 Å². The van der Waals surface area contributed by atoms with Gasteiger partial charge in [-0.3, -0.25) is 4.79 Å². The normalized spacial score (nSPS) is 28.5. The molecule has 0 N–H and O–H groups in total. The van der Waals surface area contributed by atoms with Gasteiger partial charge < -0.3 is 0 Å². The van der Waals surface area contributed by atoms with Crippen molar-refractivity contribution in [3.8, 4) is 0 Å². The molecule has 1 saturated carbocycles. The molecule has 0 amide bonds. The minimum atomic E-state index is 0.350. The Morgan fingerprint density at radius 1 is 1.33 bits per heavy atom. The molecule has 0 heterocycles. The van der Waals surface area contributed by atoms with Gasteiger partial charge in [0.25, 0.3) is 0 Å². The van der Waals surface area contributed by atoms with Crippen LogP contribution in [0.5, 0.6) is 0 Å². The Bertz CT molecular complexity index is 222. The highest BCUT2D eigenvalue weighted by Crippen LogP contribution is 2.40. The van der Waals surface area contributed by atoms with Gasteiger partial charge >= 0.3 is 0 Å². The van der Waals surface area contributed by atoms with Crippen LogP contribution in [0.2, 0.25) is 0 Å². The van der Waals surface area contributed by atoms with E-state index in [1.165, 1.54) is 0 Å². The molecule has 0 radical (unpaired) electrons. The lowest BCUT2D eigenvalue weighted by Crippen LogP contribution is -2.32. The lowest BCUT2D eigenvalue weighted by Gasteiger charge is -2.37. The molecule has 1 nitrogen and oxygen atoms in total. The molecule has 0 aromatic rings. The first-order chi connectivity index (χ1) is 6.80. The second-order valence-corrected chi connectivity index (χ2v) is 6.63. The minimum absolute atomic E-state index is 0.350. The predicted molar refractivity (Wildman–Crippen MR) is 64.7 cm³/mol. The van der Waals surface area contributed by atoms with Gasteiger partial charge in [0, 0.05) is 12.3 Å². The van der Waals surface area contributed by atoms with Crippen molar-refractivity contribution < 1.29 is 4.79 Å². The number of carbonyl (C=O) groups excluding carboxylic acids is 1. The van der Waals surface area contributed by atoms with Crippen molar-refractivity contribution >= 4 is 5.78 Å². The molecule has 1 unspecified atom stereocenters. The van der Waals surface area contributed by atoms with Crippen LogP contribution in [0.15, 0.2) is 0 Å². The largest absolute Gasteiger partial charge is 0.299 e. The zero-order valence-electron chi connectivity index (χ0n) is 11.0. The first kappa shape index (κ1) is 12.7. The molecular weight excluding hydrogens is 184 g/mol. The molecule has 1 aliphatic carbocycles. The Labute approximate surface area is 94.6 Å². The molecule has 0 aromatic heterocycles. The van der Waals surface area contributed by atoms with Gasteiger partial charge in [-0.15, -0.1) is 0 Å². The van der Waals surface area contributed by atoms with E-state index in [1.54, 1.807) is 0 Å². The summed E-state index contributed by atoms with van der Waals surface area (Å²) in [6.45, 7) is 11.3. The van der Waals surface area contributed by atoms with Crippen molar-refractivity contribution in [1.29, 1.82) is 0 Å². The third kappa shape index (κ3) is 3.62. The molecule has 0 spiro atoms. The van der Waals surface area contributed by atoms with Crippen molar-refractivity contribution in [3.63, 3.8) is 0 Å². The van der Waals surface area contributed by atoms with E-state index in [4.69, 9.17) is 0 Å². The van der Waals surface area contributed by atoms with Crippen LogP contribution in [0.25, 0.3) is 0 Å². The fourth-order valence-corrected chi connectivity index (χ4v) is 2.70. The summed E-state index contributed by atoms with van der Waals surface area (Å²) in [4.78, 5) is 11.8. The Morgan fingerprint density at radius 3 is 2.40 bits per heavy atom. The van der Waals surface area contributed by atoms with E-state index in [0.29, 0.717) is 23.0 Å². The first-order valence-electron chi connectivity index (χ1n) is 6.33. The van der Waals surface area contributed by atoms with Gasteiger partial charge in [0.2, 0.25) is 0 Å². The van der Waals surface area contributed by atoms with Crippen molar-refractivity contribution in [2.24, 2.45) is 23.2 Å². The Kier molecular flexibility index (Phi) is 3.97. The van der Waals surface area contributed by atoms with E-state index < -0.39 is 0 Å². The molecule has 0 bridgehead atoms. The summed E-state index contributed by atoms with van der Waals surface area (Å²) >= 11 is 0. The fraction of sp³-hybridized carbons (Fsp3) is 0.929. The third-order valence-electron chi connectivity index (χ3n) is 3.74. The van der Waals surface area contributed by atoms with Gasteiger partial charge in [0.15, 0.2) is 0 Å².